The molecular formula is C7H13ClN2O3. The number of rotatable bonds is 5. The summed E-state index contributed by atoms with van der Waals surface area (Å²) in [6.45, 7) is 1.63. The molecule has 0 heterocycles. The number of carboxylic acid groups (broad SMARTS) is 1. The SMILES string of the molecule is CN[C@@H](C)C(=O)N[C@@H](CCl)C(=O)O. The van der Waals surface area contributed by atoms with Gasteiger partial charge in [-0.25, -0.2) is 4.79 Å². The summed E-state index contributed by atoms with van der Waals surface area (Å²) in [6, 6.07) is -1.45. The lowest BCUT2D eigenvalue weighted by Gasteiger charge is -2.14. The van der Waals surface area contributed by atoms with E-state index in [9.17, 15) is 9.59 Å². The minimum absolute atomic E-state index is 0.141. The van der Waals surface area contributed by atoms with Crippen LogP contribution in [0.3, 0.4) is 0 Å². The van der Waals surface area contributed by atoms with Crippen LogP contribution in [0.25, 0.3) is 0 Å². The van der Waals surface area contributed by atoms with Gasteiger partial charge in [-0.15, -0.1) is 11.6 Å². The van der Waals surface area contributed by atoms with Crippen molar-refractivity contribution in [2.45, 2.75) is 19.0 Å². The smallest absolute Gasteiger partial charge is 0.327 e. The minimum atomic E-state index is -1.13. The standard InChI is InChI=1S/C7H13ClN2O3/c1-4(9-2)6(11)10-5(3-8)7(12)13/h4-5,9H,3H2,1-2H3,(H,10,11)(H,12,13)/t4-,5-/m0/s1. The van der Waals surface area contributed by atoms with E-state index in [4.69, 9.17) is 16.7 Å². The van der Waals surface area contributed by atoms with Gasteiger partial charge in [-0.1, -0.05) is 0 Å². The van der Waals surface area contributed by atoms with Crippen LogP contribution in [0.2, 0.25) is 0 Å². The van der Waals surface area contributed by atoms with Crippen LogP contribution >= 0.6 is 11.6 Å². The molecule has 3 N–H and O–H groups in total. The van der Waals surface area contributed by atoms with Crippen LogP contribution in [0, 0.1) is 0 Å². The summed E-state index contributed by atoms with van der Waals surface area (Å²) in [5.74, 6) is -1.65. The molecule has 2 atom stereocenters. The molecule has 0 spiro atoms. The number of aliphatic carboxylic acids is 1. The fourth-order valence-electron chi connectivity index (χ4n) is 0.594. The topological polar surface area (TPSA) is 78.4 Å². The van der Waals surface area contributed by atoms with E-state index >= 15 is 0 Å². The van der Waals surface area contributed by atoms with Crippen molar-refractivity contribution in [1.29, 1.82) is 0 Å². The summed E-state index contributed by atoms with van der Waals surface area (Å²) in [5.41, 5.74) is 0. The van der Waals surface area contributed by atoms with E-state index in [2.05, 4.69) is 10.6 Å². The van der Waals surface area contributed by atoms with Crippen LogP contribution in [0.4, 0.5) is 0 Å². The lowest BCUT2D eigenvalue weighted by atomic mass is 10.2. The van der Waals surface area contributed by atoms with E-state index in [1.165, 1.54) is 0 Å². The van der Waals surface area contributed by atoms with Gasteiger partial charge in [-0.2, -0.15) is 0 Å². The molecule has 6 heteroatoms. The first-order valence-electron chi connectivity index (χ1n) is 3.79. The van der Waals surface area contributed by atoms with E-state index < -0.39 is 18.1 Å². The number of carbonyl (C=O) groups excluding carboxylic acids is 1. The Morgan fingerprint density at radius 2 is 2.08 bits per heavy atom. The molecular weight excluding hydrogens is 196 g/mol. The number of hydrogen-bond acceptors (Lipinski definition) is 3. The first-order chi connectivity index (χ1) is 6.02. The lowest BCUT2D eigenvalue weighted by molar-refractivity contribution is -0.141. The van der Waals surface area contributed by atoms with E-state index in [0.717, 1.165) is 0 Å². The summed E-state index contributed by atoms with van der Waals surface area (Å²) in [6.07, 6.45) is 0. The molecule has 0 unspecified atom stereocenters. The second kappa shape index (κ2) is 5.77. The fourth-order valence-corrected chi connectivity index (χ4v) is 0.803. The lowest BCUT2D eigenvalue weighted by Crippen LogP contribution is -2.49. The van der Waals surface area contributed by atoms with Crippen molar-refractivity contribution in [3.63, 3.8) is 0 Å². The number of alkyl halides is 1. The molecule has 1 amide bonds. The molecule has 5 nitrogen and oxygen atoms in total. The predicted octanol–water partition coefficient (Wildman–Crippen LogP) is -0.597. The second-order valence-electron chi connectivity index (χ2n) is 2.56. The Kier molecular flexibility index (Phi) is 5.41. The highest BCUT2D eigenvalue weighted by Gasteiger charge is 2.20. The number of halogens is 1. The third-order valence-electron chi connectivity index (χ3n) is 1.60. The summed E-state index contributed by atoms with van der Waals surface area (Å²) in [7, 11) is 1.61. The van der Waals surface area contributed by atoms with Gasteiger partial charge in [0.1, 0.15) is 6.04 Å². The van der Waals surface area contributed by atoms with E-state index in [1.807, 2.05) is 0 Å². The maximum absolute atomic E-state index is 11.2. The Morgan fingerprint density at radius 3 is 2.38 bits per heavy atom. The van der Waals surface area contributed by atoms with Crippen molar-refractivity contribution >= 4 is 23.5 Å². The highest BCUT2D eigenvalue weighted by atomic mass is 35.5. The molecule has 0 saturated heterocycles. The highest BCUT2D eigenvalue weighted by molar-refractivity contribution is 6.19. The molecule has 0 aliphatic rings. The first kappa shape index (κ1) is 12.2. The average molecular weight is 209 g/mol. The van der Waals surface area contributed by atoms with Crippen LogP contribution in [-0.4, -0.2) is 42.0 Å². The van der Waals surface area contributed by atoms with Gasteiger partial charge in [0.15, 0.2) is 0 Å². The van der Waals surface area contributed by atoms with E-state index in [1.54, 1.807) is 14.0 Å². The second-order valence-corrected chi connectivity index (χ2v) is 2.87. The van der Waals surface area contributed by atoms with Gasteiger partial charge < -0.3 is 15.7 Å². The third kappa shape index (κ3) is 4.10. The molecule has 0 aliphatic heterocycles. The largest absolute Gasteiger partial charge is 0.480 e. The Bertz CT molecular complexity index is 198. The van der Waals surface area contributed by atoms with Crippen LogP contribution in [-0.2, 0) is 9.59 Å². The molecule has 0 aromatic heterocycles. The number of amides is 1. The van der Waals surface area contributed by atoms with Crippen molar-refractivity contribution < 1.29 is 14.7 Å². The van der Waals surface area contributed by atoms with Gasteiger partial charge in [0.25, 0.3) is 0 Å². The zero-order valence-corrected chi connectivity index (χ0v) is 8.26. The Hall–Kier alpha value is -0.810. The van der Waals surface area contributed by atoms with Crippen LogP contribution < -0.4 is 10.6 Å². The molecule has 0 aromatic rings. The quantitative estimate of drug-likeness (QED) is 0.528. The van der Waals surface area contributed by atoms with Gasteiger partial charge in [0, 0.05) is 0 Å². The van der Waals surface area contributed by atoms with Gasteiger partial charge in [-0.05, 0) is 14.0 Å². The molecule has 0 rings (SSSR count). The molecule has 0 radical (unpaired) electrons. The van der Waals surface area contributed by atoms with Crippen molar-refractivity contribution in [2.75, 3.05) is 12.9 Å². The minimum Gasteiger partial charge on any atom is -0.480 e. The number of nitrogens with one attached hydrogen (secondary N) is 2. The number of carboxylic acids is 1. The molecule has 0 fully saturated rings. The maximum Gasteiger partial charge on any atom is 0.327 e. The number of carbonyl (C=O) groups is 2. The van der Waals surface area contributed by atoms with Crippen molar-refractivity contribution in [2.24, 2.45) is 0 Å². The van der Waals surface area contributed by atoms with Crippen LogP contribution in [0.1, 0.15) is 6.92 Å². The molecule has 0 aromatic carbocycles. The maximum atomic E-state index is 11.2. The van der Waals surface area contributed by atoms with Crippen molar-refractivity contribution in [3.05, 3.63) is 0 Å². The molecule has 13 heavy (non-hydrogen) atoms. The van der Waals surface area contributed by atoms with Gasteiger partial charge >= 0.3 is 5.97 Å². The van der Waals surface area contributed by atoms with Crippen molar-refractivity contribution in [3.8, 4) is 0 Å². The average Bonchev–Trinajstić information content (AvgIpc) is 2.11. The van der Waals surface area contributed by atoms with Crippen molar-refractivity contribution in [1.82, 2.24) is 10.6 Å². The van der Waals surface area contributed by atoms with Gasteiger partial charge in [-0.3, -0.25) is 4.79 Å². The molecule has 76 valence electrons. The Balaban J connectivity index is 4.09. The zero-order chi connectivity index (χ0) is 10.4. The third-order valence-corrected chi connectivity index (χ3v) is 1.90. The molecule has 0 bridgehead atoms. The first-order valence-corrected chi connectivity index (χ1v) is 4.32. The summed E-state index contributed by atoms with van der Waals surface area (Å²) in [4.78, 5) is 21.6. The Labute approximate surface area is 81.4 Å². The Morgan fingerprint density at radius 1 is 1.54 bits per heavy atom. The summed E-state index contributed by atoms with van der Waals surface area (Å²) >= 11 is 5.34. The molecule has 0 aliphatic carbocycles. The normalized spacial score (nSPS) is 14.7. The summed E-state index contributed by atoms with van der Waals surface area (Å²) in [5, 5.41) is 13.5. The zero-order valence-electron chi connectivity index (χ0n) is 7.50. The highest BCUT2D eigenvalue weighted by Crippen LogP contribution is 1.90. The van der Waals surface area contributed by atoms with E-state index in [-0.39, 0.29) is 11.8 Å². The number of hydrogen-bond donors (Lipinski definition) is 3. The number of likely N-dealkylation sites (N-methyl/N-ethyl adjacent to an activating group) is 1. The van der Waals surface area contributed by atoms with E-state index in [0.29, 0.717) is 0 Å². The van der Waals surface area contributed by atoms with Gasteiger partial charge in [0.05, 0.1) is 11.9 Å². The van der Waals surface area contributed by atoms with Crippen LogP contribution in [0.5, 0.6) is 0 Å². The summed E-state index contributed by atoms with van der Waals surface area (Å²) < 4.78 is 0. The predicted molar refractivity (Wildman–Crippen MR) is 48.8 cm³/mol. The monoisotopic (exact) mass is 208 g/mol. The van der Waals surface area contributed by atoms with Gasteiger partial charge in [0.2, 0.25) is 5.91 Å². The molecule has 0 saturated carbocycles. The van der Waals surface area contributed by atoms with Crippen LogP contribution in [0.15, 0.2) is 0 Å². The fraction of sp³-hybridized carbons (Fsp3) is 0.714.